The first-order valence-corrected chi connectivity index (χ1v) is 10.2. The van der Waals surface area contributed by atoms with Crippen LogP contribution < -0.4 is 5.32 Å². The van der Waals surface area contributed by atoms with E-state index >= 15 is 0 Å². The molecule has 0 saturated carbocycles. The lowest BCUT2D eigenvalue weighted by Crippen LogP contribution is -2.35. The van der Waals surface area contributed by atoms with Gasteiger partial charge in [-0.05, 0) is 42.3 Å². The maximum absolute atomic E-state index is 13.0. The van der Waals surface area contributed by atoms with E-state index in [1.165, 1.54) is 16.7 Å². The average molecular weight is 406 g/mol. The van der Waals surface area contributed by atoms with Gasteiger partial charge in [0.15, 0.2) is 0 Å². The molecule has 0 aliphatic heterocycles. The topological polar surface area (TPSA) is 62.3 Å². The molecule has 0 radical (unpaired) electrons. The van der Waals surface area contributed by atoms with Crippen LogP contribution in [0.15, 0.2) is 82.8 Å². The number of carbonyl (C=O) groups excluding carboxylic acids is 2. The van der Waals surface area contributed by atoms with Crippen LogP contribution in [0.1, 0.15) is 22.8 Å². The van der Waals surface area contributed by atoms with Crippen molar-refractivity contribution < 1.29 is 9.59 Å². The molecule has 0 unspecified atom stereocenters. The molecule has 1 heterocycles. The number of anilines is 1. The maximum atomic E-state index is 13.0. The summed E-state index contributed by atoms with van der Waals surface area (Å²) in [6, 6.07) is 20.9. The van der Waals surface area contributed by atoms with E-state index in [0.717, 1.165) is 22.6 Å². The van der Waals surface area contributed by atoms with E-state index in [0.29, 0.717) is 10.6 Å². The molecule has 0 atom stereocenters. The van der Waals surface area contributed by atoms with Crippen molar-refractivity contribution in [2.24, 2.45) is 0 Å². The van der Waals surface area contributed by atoms with Crippen molar-refractivity contribution in [3.05, 3.63) is 84.1 Å². The number of rotatable bonds is 7. The van der Waals surface area contributed by atoms with Gasteiger partial charge in [0.05, 0.1) is 12.1 Å². The van der Waals surface area contributed by atoms with E-state index in [9.17, 15) is 9.59 Å². The van der Waals surface area contributed by atoms with E-state index in [4.69, 9.17) is 0 Å². The Morgan fingerprint density at radius 2 is 1.72 bits per heavy atom. The van der Waals surface area contributed by atoms with Crippen LogP contribution in [0.4, 0.5) is 5.69 Å². The van der Waals surface area contributed by atoms with Crippen molar-refractivity contribution in [1.82, 2.24) is 9.88 Å². The highest BCUT2D eigenvalue weighted by atomic mass is 32.2. The zero-order valence-electron chi connectivity index (χ0n) is 16.5. The van der Waals surface area contributed by atoms with Crippen LogP contribution >= 0.6 is 11.8 Å². The number of carbonyl (C=O) groups is 2. The molecule has 1 aromatic heterocycles. The van der Waals surface area contributed by atoms with Crippen molar-refractivity contribution >= 4 is 29.3 Å². The maximum Gasteiger partial charge on any atom is 0.256 e. The molecule has 148 valence electrons. The quantitative estimate of drug-likeness (QED) is 0.628. The lowest BCUT2D eigenvalue weighted by Gasteiger charge is -2.18. The highest BCUT2D eigenvalue weighted by Crippen LogP contribution is 2.28. The number of amides is 2. The van der Waals surface area contributed by atoms with Gasteiger partial charge in [0.25, 0.3) is 5.91 Å². The molecule has 5 nitrogen and oxygen atoms in total. The number of hydrogen-bond acceptors (Lipinski definition) is 4. The second-order valence-electron chi connectivity index (χ2n) is 6.49. The molecule has 0 aliphatic carbocycles. The van der Waals surface area contributed by atoms with Gasteiger partial charge in [-0.25, -0.2) is 4.98 Å². The molecule has 3 rings (SSSR count). The molecule has 29 heavy (non-hydrogen) atoms. The molecule has 1 N–H and O–H groups in total. The third-order valence-electron chi connectivity index (χ3n) is 4.36. The van der Waals surface area contributed by atoms with Crippen LogP contribution in [0.2, 0.25) is 0 Å². The Hall–Kier alpha value is -3.12. The van der Waals surface area contributed by atoms with Crippen LogP contribution in [-0.4, -0.2) is 35.3 Å². The van der Waals surface area contributed by atoms with E-state index in [-0.39, 0.29) is 18.4 Å². The number of hydrogen-bond donors (Lipinski definition) is 1. The van der Waals surface area contributed by atoms with E-state index in [1.807, 2.05) is 61.5 Å². The van der Waals surface area contributed by atoms with Crippen molar-refractivity contribution in [3.63, 3.8) is 0 Å². The minimum Gasteiger partial charge on any atom is -0.332 e. The Labute approximate surface area is 175 Å². The predicted octanol–water partition coefficient (Wildman–Crippen LogP) is 4.51. The van der Waals surface area contributed by atoms with Gasteiger partial charge < -0.3 is 10.2 Å². The Balaban J connectivity index is 1.69. The molecule has 3 aromatic rings. The monoisotopic (exact) mass is 405 g/mol. The second kappa shape index (κ2) is 9.89. The summed E-state index contributed by atoms with van der Waals surface area (Å²) >= 11 is 1.43. The minimum absolute atomic E-state index is 0.0405. The Morgan fingerprint density at radius 3 is 2.48 bits per heavy atom. The molecule has 0 bridgehead atoms. The summed E-state index contributed by atoms with van der Waals surface area (Å²) in [5, 5.41) is 3.52. The third kappa shape index (κ3) is 5.45. The largest absolute Gasteiger partial charge is 0.332 e. The number of aromatic nitrogens is 1. The molecule has 0 fully saturated rings. The number of para-hydroxylation sites is 1. The summed E-state index contributed by atoms with van der Waals surface area (Å²) < 4.78 is 0. The fraction of sp³-hybridized carbons (Fsp3) is 0.174. The summed E-state index contributed by atoms with van der Waals surface area (Å²) in [5.41, 5.74) is 2.32. The molecule has 0 saturated heterocycles. The smallest absolute Gasteiger partial charge is 0.256 e. The van der Waals surface area contributed by atoms with Gasteiger partial charge in [-0.2, -0.15) is 0 Å². The van der Waals surface area contributed by atoms with E-state index < -0.39 is 0 Å². The van der Waals surface area contributed by atoms with Gasteiger partial charge in [0, 0.05) is 23.8 Å². The zero-order valence-corrected chi connectivity index (χ0v) is 17.3. The molecule has 0 spiro atoms. The van der Waals surface area contributed by atoms with Gasteiger partial charge in [-0.1, -0.05) is 55.1 Å². The van der Waals surface area contributed by atoms with E-state index in [2.05, 4.69) is 10.3 Å². The fourth-order valence-electron chi connectivity index (χ4n) is 2.87. The number of benzene rings is 2. The normalized spacial score (nSPS) is 10.4. The van der Waals surface area contributed by atoms with Crippen molar-refractivity contribution in [1.29, 1.82) is 0 Å². The standard InChI is InChI=1S/C23H23N3O2S/c1-3-17-10-7-8-14-20(17)25-21(27)16-26(2)23(28)19-13-9-15-24-22(19)29-18-11-5-4-6-12-18/h4-15H,3,16H2,1-2H3,(H,25,27). The summed E-state index contributed by atoms with van der Waals surface area (Å²) in [4.78, 5) is 32.2. The summed E-state index contributed by atoms with van der Waals surface area (Å²) in [7, 11) is 1.62. The summed E-state index contributed by atoms with van der Waals surface area (Å²) in [5.74, 6) is -0.474. The number of aryl methyl sites for hydroxylation is 1. The number of likely N-dealkylation sites (N-methyl/N-ethyl adjacent to an activating group) is 1. The molecule has 2 amide bonds. The Kier molecular flexibility index (Phi) is 7.03. The van der Waals surface area contributed by atoms with Gasteiger partial charge in [-0.3, -0.25) is 9.59 Å². The lowest BCUT2D eigenvalue weighted by molar-refractivity contribution is -0.116. The van der Waals surface area contributed by atoms with Gasteiger partial charge >= 0.3 is 0 Å². The SMILES string of the molecule is CCc1ccccc1NC(=O)CN(C)C(=O)c1cccnc1Sc1ccccc1. The van der Waals surface area contributed by atoms with E-state index in [1.54, 1.807) is 25.4 Å². The highest BCUT2D eigenvalue weighted by molar-refractivity contribution is 7.99. The van der Waals surface area contributed by atoms with Gasteiger partial charge in [0.1, 0.15) is 5.03 Å². The lowest BCUT2D eigenvalue weighted by atomic mass is 10.1. The van der Waals surface area contributed by atoms with Crippen LogP contribution in [0, 0.1) is 0 Å². The van der Waals surface area contributed by atoms with Crippen molar-refractivity contribution in [3.8, 4) is 0 Å². The second-order valence-corrected chi connectivity index (χ2v) is 7.55. The van der Waals surface area contributed by atoms with Crippen LogP contribution in [-0.2, 0) is 11.2 Å². The molecule has 0 aliphatic rings. The first-order chi connectivity index (χ1) is 14.1. The molecule has 6 heteroatoms. The van der Waals surface area contributed by atoms with Crippen molar-refractivity contribution in [2.45, 2.75) is 23.3 Å². The molecule has 2 aromatic carbocycles. The minimum atomic E-state index is -0.240. The summed E-state index contributed by atoms with van der Waals surface area (Å²) in [6.07, 6.45) is 2.48. The summed E-state index contributed by atoms with van der Waals surface area (Å²) in [6.45, 7) is 2.00. The van der Waals surface area contributed by atoms with Crippen LogP contribution in [0.25, 0.3) is 0 Å². The van der Waals surface area contributed by atoms with Crippen LogP contribution in [0.3, 0.4) is 0 Å². The van der Waals surface area contributed by atoms with Gasteiger partial charge in [-0.15, -0.1) is 0 Å². The average Bonchev–Trinajstić information content (AvgIpc) is 2.74. The fourth-order valence-corrected chi connectivity index (χ4v) is 3.76. The Morgan fingerprint density at radius 1 is 1.00 bits per heavy atom. The molecular formula is C23H23N3O2S. The van der Waals surface area contributed by atoms with Crippen LogP contribution in [0.5, 0.6) is 0 Å². The zero-order chi connectivity index (χ0) is 20.6. The molecular weight excluding hydrogens is 382 g/mol. The number of pyridine rings is 1. The van der Waals surface area contributed by atoms with Crippen molar-refractivity contribution in [2.75, 3.05) is 18.9 Å². The first kappa shape index (κ1) is 20.6. The number of nitrogens with one attached hydrogen (secondary N) is 1. The highest BCUT2D eigenvalue weighted by Gasteiger charge is 2.19. The predicted molar refractivity (Wildman–Crippen MR) is 116 cm³/mol. The number of nitrogens with zero attached hydrogens (tertiary/aromatic N) is 2. The Bertz CT molecular complexity index is 992. The first-order valence-electron chi connectivity index (χ1n) is 9.39. The third-order valence-corrected chi connectivity index (χ3v) is 5.39. The van der Waals surface area contributed by atoms with Gasteiger partial charge in [0.2, 0.25) is 5.91 Å².